The van der Waals surface area contributed by atoms with E-state index in [0.29, 0.717) is 5.75 Å². The highest BCUT2D eigenvalue weighted by atomic mass is 19.2. The molecule has 0 aliphatic heterocycles. The molecular formula is C25H15F5O7. The van der Waals surface area contributed by atoms with E-state index < -0.39 is 52.8 Å². The first-order chi connectivity index (χ1) is 17.6. The molecule has 3 aromatic carbocycles. The van der Waals surface area contributed by atoms with Gasteiger partial charge in [-0.2, -0.15) is 8.78 Å². The average molecular weight is 522 g/mol. The standard InChI is InChI=1S/C25H15F5O7/c1-11-24(37-15-6-4-3-5-14(15)33-2)23(32)13-8-7-12(9-16(13)35-11)36-17(31)10-34-25-21(29)19(27)18(26)20(28)22(25)30/h3-9H,10H2,1-2H3. The predicted octanol–water partition coefficient (Wildman–Crippen LogP) is 5.58. The number of hydrogen-bond donors (Lipinski definition) is 0. The summed E-state index contributed by atoms with van der Waals surface area (Å²) < 4.78 is 93.0. The Hall–Kier alpha value is -4.61. The molecule has 1 heterocycles. The highest BCUT2D eigenvalue weighted by molar-refractivity contribution is 5.81. The summed E-state index contributed by atoms with van der Waals surface area (Å²) in [5.74, 6) is -13.7. The van der Waals surface area contributed by atoms with Crippen molar-refractivity contribution in [1.29, 1.82) is 0 Å². The fourth-order valence-corrected chi connectivity index (χ4v) is 3.27. The minimum atomic E-state index is -2.37. The number of carbonyl (C=O) groups excluding carboxylic acids is 1. The van der Waals surface area contributed by atoms with Gasteiger partial charge in [0.05, 0.1) is 12.5 Å². The van der Waals surface area contributed by atoms with E-state index in [1.165, 1.54) is 32.2 Å². The van der Waals surface area contributed by atoms with Gasteiger partial charge in [-0.15, -0.1) is 0 Å². The van der Waals surface area contributed by atoms with E-state index in [1.54, 1.807) is 24.3 Å². The third-order valence-corrected chi connectivity index (χ3v) is 5.00. The number of para-hydroxylation sites is 2. The molecule has 37 heavy (non-hydrogen) atoms. The van der Waals surface area contributed by atoms with Gasteiger partial charge in [0.2, 0.25) is 40.3 Å². The number of fused-ring (bicyclic) bond motifs is 1. The van der Waals surface area contributed by atoms with Crippen LogP contribution < -0.4 is 24.4 Å². The number of esters is 1. The molecule has 0 saturated carbocycles. The van der Waals surface area contributed by atoms with Crippen molar-refractivity contribution in [2.75, 3.05) is 13.7 Å². The molecule has 0 unspecified atom stereocenters. The van der Waals surface area contributed by atoms with Crippen LogP contribution >= 0.6 is 0 Å². The number of methoxy groups -OCH3 is 1. The smallest absolute Gasteiger partial charge is 0.349 e. The summed E-state index contributed by atoms with van der Waals surface area (Å²) in [4.78, 5) is 25.0. The molecule has 7 nitrogen and oxygen atoms in total. The molecule has 4 rings (SSSR count). The van der Waals surface area contributed by atoms with Crippen molar-refractivity contribution >= 4 is 16.9 Å². The molecule has 0 N–H and O–H groups in total. The zero-order valence-corrected chi connectivity index (χ0v) is 19.0. The second-order valence-electron chi connectivity index (χ2n) is 7.39. The molecule has 0 aliphatic carbocycles. The summed E-state index contributed by atoms with van der Waals surface area (Å²) >= 11 is 0. The van der Waals surface area contributed by atoms with Gasteiger partial charge in [0.1, 0.15) is 17.1 Å². The Balaban J connectivity index is 1.53. The van der Waals surface area contributed by atoms with Crippen molar-refractivity contribution < 1.29 is 50.1 Å². The number of hydrogen-bond acceptors (Lipinski definition) is 7. The number of aryl methyl sites for hydroxylation is 1. The SMILES string of the molecule is COc1ccccc1Oc1c(C)oc2cc(OC(=O)COc3c(F)c(F)c(F)c(F)c3F)ccc2c1=O. The van der Waals surface area contributed by atoms with Gasteiger partial charge in [-0.3, -0.25) is 4.79 Å². The third kappa shape index (κ3) is 4.90. The lowest BCUT2D eigenvalue weighted by Gasteiger charge is -2.12. The Bertz CT molecular complexity index is 1550. The fraction of sp³-hybridized carbons (Fsp3) is 0.120. The van der Waals surface area contributed by atoms with E-state index in [2.05, 4.69) is 4.74 Å². The summed E-state index contributed by atoms with van der Waals surface area (Å²) in [6.07, 6.45) is 0. The molecule has 4 aromatic rings. The minimum Gasteiger partial charge on any atom is -0.493 e. The number of benzene rings is 3. The summed E-state index contributed by atoms with van der Waals surface area (Å²) in [6, 6.07) is 10.3. The normalized spacial score (nSPS) is 10.9. The Kier molecular flexibility index (Phi) is 7.00. The van der Waals surface area contributed by atoms with Crippen LogP contribution in [0.5, 0.6) is 28.7 Å². The molecule has 12 heteroatoms. The van der Waals surface area contributed by atoms with Gasteiger partial charge < -0.3 is 23.4 Å². The van der Waals surface area contributed by atoms with E-state index in [9.17, 15) is 31.5 Å². The molecule has 0 saturated heterocycles. The molecule has 0 fully saturated rings. The summed E-state index contributed by atoms with van der Waals surface area (Å²) in [5.41, 5.74) is -0.516. The van der Waals surface area contributed by atoms with Crippen LogP contribution in [0.2, 0.25) is 0 Å². The topological polar surface area (TPSA) is 84.2 Å². The lowest BCUT2D eigenvalue weighted by atomic mass is 10.2. The highest BCUT2D eigenvalue weighted by Gasteiger charge is 2.27. The van der Waals surface area contributed by atoms with E-state index in [4.69, 9.17) is 18.6 Å². The van der Waals surface area contributed by atoms with Crippen LogP contribution in [0.3, 0.4) is 0 Å². The predicted molar refractivity (Wildman–Crippen MR) is 118 cm³/mol. The number of carbonyl (C=O) groups is 1. The van der Waals surface area contributed by atoms with Crippen LogP contribution in [0.4, 0.5) is 22.0 Å². The van der Waals surface area contributed by atoms with Crippen LogP contribution in [0, 0.1) is 36.0 Å². The first-order valence-electron chi connectivity index (χ1n) is 10.4. The van der Waals surface area contributed by atoms with E-state index >= 15 is 0 Å². The Morgan fingerprint density at radius 1 is 0.865 bits per heavy atom. The first-order valence-corrected chi connectivity index (χ1v) is 10.4. The largest absolute Gasteiger partial charge is 0.493 e. The second-order valence-corrected chi connectivity index (χ2v) is 7.39. The van der Waals surface area contributed by atoms with Crippen LogP contribution in [-0.2, 0) is 4.79 Å². The maximum Gasteiger partial charge on any atom is 0.349 e. The lowest BCUT2D eigenvalue weighted by Crippen LogP contribution is -2.19. The maximum absolute atomic E-state index is 13.7. The summed E-state index contributed by atoms with van der Waals surface area (Å²) in [7, 11) is 1.44. The summed E-state index contributed by atoms with van der Waals surface area (Å²) in [5, 5.41) is 0.0768. The molecule has 192 valence electrons. The lowest BCUT2D eigenvalue weighted by molar-refractivity contribution is -0.136. The van der Waals surface area contributed by atoms with Gasteiger partial charge in [0.15, 0.2) is 23.9 Å². The Labute approximate surface area is 204 Å². The van der Waals surface area contributed by atoms with Crippen LogP contribution in [0.1, 0.15) is 5.76 Å². The third-order valence-electron chi connectivity index (χ3n) is 5.00. The molecule has 0 amide bonds. The van der Waals surface area contributed by atoms with E-state index in [1.807, 2.05) is 0 Å². The monoisotopic (exact) mass is 522 g/mol. The van der Waals surface area contributed by atoms with Crippen molar-refractivity contribution in [3.05, 3.63) is 87.5 Å². The first kappa shape index (κ1) is 25.5. The maximum atomic E-state index is 13.7. The Morgan fingerprint density at radius 2 is 1.49 bits per heavy atom. The minimum absolute atomic E-state index is 0.0147. The Morgan fingerprint density at radius 3 is 2.14 bits per heavy atom. The van der Waals surface area contributed by atoms with Crippen molar-refractivity contribution in [2.45, 2.75) is 6.92 Å². The molecule has 0 bridgehead atoms. The number of halogens is 5. The van der Waals surface area contributed by atoms with Gasteiger partial charge in [0.25, 0.3) is 0 Å². The van der Waals surface area contributed by atoms with E-state index in [0.717, 1.165) is 0 Å². The van der Waals surface area contributed by atoms with Crippen molar-refractivity contribution in [3.63, 3.8) is 0 Å². The number of ether oxygens (including phenoxy) is 4. The zero-order chi connectivity index (χ0) is 26.9. The zero-order valence-electron chi connectivity index (χ0n) is 19.0. The van der Waals surface area contributed by atoms with Gasteiger partial charge in [-0.05, 0) is 31.2 Å². The van der Waals surface area contributed by atoms with E-state index in [-0.39, 0.29) is 34.0 Å². The highest BCUT2D eigenvalue weighted by Crippen LogP contribution is 2.33. The fourth-order valence-electron chi connectivity index (χ4n) is 3.27. The summed E-state index contributed by atoms with van der Waals surface area (Å²) in [6.45, 7) is 0.285. The van der Waals surface area contributed by atoms with Crippen LogP contribution in [0.25, 0.3) is 11.0 Å². The average Bonchev–Trinajstić information content (AvgIpc) is 2.88. The van der Waals surface area contributed by atoms with Gasteiger partial charge >= 0.3 is 5.97 Å². The van der Waals surface area contributed by atoms with Crippen molar-refractivity contribution in [2.24, 2.45) is 0 Å². The second kappa shape index (κ2) is 10.2. The molecule has 0 radical (unpaired) electrons. The van der Waals surface area contributed by atoms with Gasteiger partial charge in [0, 0.05) is 6.07 Å². The molecular weight excluding hydrogens is 507 g/mol. The van der Waals surface area contributed by atoms with Crippen molar-refractivity contribution in [1.82, 2.24) is 0 Å². The molecule has 0 aliphatic rings. The molecule has 1 aromatic heterocycles. The van der Waals surface area contributed by atoms with Gasteiger partial charge in [-0.1, -0.05) is 12.1 Å². The van der Waals surface area contributed by atoms with Crippen molar-refractivity contribution in [3.8, 4) is 28.7 Å². The van der Waals surface area contributed by atoms with Crippen LogP contribution in [-0.4, -0.2) is 19.7 Å². The quantitative estimate of drug-likeness (QED) is 0.103. The number of rotatable bonds is 7. The van der Waals surface area contributed by atoms with Crippen LogP contribution in [0.15, 0.2) is 51.7 Å². The molecule has 0 spiro atoms. The molecule has 0 atom stereocenters. The van der Waals surface area contributed by atoms with Gasteiger partial charge in [-0.25, -0.2) is 18.0 Å².